The Hall–Kier alpha value is -0.0800. The van der Waals surface area contributed by atoms with Crippen LogP contribution in [0.25, 0.3) is 0 Å². The Labute approximate surface area is 143 Å². The quantitative estimate of drug-likeness (QED) is 0.707. The van der Waals surface area contributed by atoms with Crippen LogP contribution in [-0.2, 0) is 4.74 Å². The van der Waals surface area contributed by atoms with E-state index < -0.39 is 0 Å². The van der Waals surface area contributed by atoms with Gasteiger partial charge in [0.05, 0.1) is 12.2 Å². The number of hydrogen-bond acceptors (Lipinski definition) is 2. The van der Waals surface area contributed by atoms with Gasteiger partial charge in [0.2, 0.25) is 0 Å². The molecule has 0 unspecified atom stereocenters. The molecule has 0 aromatic carbocycles. The fraction of sp³-hybridized carbons (Fsp3) is 1.00. The van der Waals surface area contributed by atoms with Crippen molar-refractivity contribution < 1.29 is 9.84 Å². The number of rotatable bonds is 1. The first-order chi connectivity index (χ1) is 11.2. The monoisotopic (exact) mass is 322 g/mol. The molecular weight excluding hydrogens is 284 g/mol. The average Bonchev–Trinajstić information content (AvgIpc) is 2.58. The number of aliphatic hydroxyl groups excluding tert-OH is 1. The highest BCUT2D eigenvalue weighted by molar-refractivity contribution is 4.82. The second-order valence-corrected chi connectivity index (χ2v) is 8.87. The minimum absolute atomic E-state index is 0.0715. The highest BCUT2D eigenvalue weighted by Gasteiger charge is 2.30. The molecule has 0 radical (unpaired) electrons. The van der Waals surface area contributed by atoms with Crippen molar-refractivity contribution in [2.24, 2.45) is 23.7 Å². The third-order valence-corrected chi connectivity index (χ3v) is 7.28. The average molecular weight is 323 g/mol. The Morgan fingerprint density at radius 3 is 1.52 bits per heavy atom. The maximum atomic E-state index is 10.7. The standard InChI is InChI=1S/C21H38O2/c1-23-21-15-19-12-8-17(9-13-19)5-3-2-4-16-6-10-18(11-7-16)14-20(21)22/h16-22H,2-15H2,1H3/t16?,17?,18?,19?,20-,21+/m1/s1. The van der Waals surface area contributed by atoms with Crippen molar-refractivity contribution in [1.82, 2.24) is 0 Å². The fourth-order valence-corrected chi connectivity index (χ4v) is 5.61. The van der Waals surface area contributed by atoms with Gasteiger partial charge in [0.15, 0.2) is 0 Å². The van der Waals surface area contributed by atoms with Gasteiger partial charge in [-0.25, -0.2) is 0 Å². The minimum atomic E-state index is -0.243. The van der Waals surface area contributed by atoms with E-state index in [0.29, 0.717) is 0 Å². The normalized spacial score (nSPS) is 43.6. The number of hydrogen-bond donors (Lipinski definition) is 1. The van der Waals surface area contributed by atoms with Crippen molar-refractivity contribution >= 4 is 0 Å². The Morgan fingerprint density at radius 1 is 0.609 bits per heavy atom. The second-order valence-electron chi connectivity index (χ2n) is 8.87. The van der Waals surface area contributed by atoms with Gasteiger partial charge in [-0.2, -0.15) is 0 Å². The van der Waals surface area contributed by atoms with E-state index in [4.69, 9.17) is 4.74 Å². The molecule has 2 nitrogen and oxygen atoms in total. The maximum Gasteiger partial charge on any atom is 0.0832 e. The molecule has 6 fully saturated rings. The maximum absolute atomic E-state index is 10.7. The first kappa shape index (κ1) is 17.7. The van der Waals surface area contributed by atoms with E-state index in [0.717, 1.165) is 36.5 Å². The van der Waals surface area contributed by atoms with Gasteiger partial charge in [0, 0.05) is 7.11 Å². The van der Waals surface area contributed by atoms with Crippen molar-refractivity contribution in [3.05, 3.63) is 0 Å². The minimum Gasteiger partial charge on any atom is -0.390 e. The SMILES string of the molecule is CO[C@H]1CC2CCC(CCCCC3CCC(CC3)C[C@H]1O)CC2. The molecular formula is C21H38O2. The topological polar surface area (TPSA) is 29.5 Å². The van der Waals surface area contributed by atoms with E-state index in [1.165, 1.54) is 77.0 Å². The Balaban J connectivity index is 1.60. The summed E-state index contributed by atoms with van der Waals surface area (Å²) in [4.78, 5) is 0. The zero-order valence-corrected chi connectivity index (χ0v) is 15.2. The van der Waals surface area contributed by atoms with Gasteiger partial charge in [0.1, 0.15) is 0 Å². The van der Waals surface area contributed by atoms with E-state index in [1.807, 2.05) is 0 Å². The summed E-state index contributed by atoms with van der Waals surface area (Å²) in [5.74, 6) is 3.49. The molecule has 0 aromatic heterocycles. The first-order valence-electron chi connectivity index (χ1n) is 10.5. The van der Waals surface area contributed by atoms with E-state index in [9.17, 15) is 5.11 Å². The van der Waals surface area contributed by atoms with Crippen molar-refractivity contribution in [2.45, 2.75) is 102 Å². The molecule has 0 saturated heterocycles. The summed E-state index contributed by atoms with van der Waals surface area (Å²) in [6.45, 7) is 0. The van der Waals surface area contributed by atoms with Gasteiger partial charge < -0.3 is 9.84 Å². The molecule has 0 amide bonds. The van der Waals surface area contributed by atoms with Gasteiger partial charge in [-0.05, 0) is 36.5 Å². The van der Waals surface area contributed by atoms with Crippen molar-refractivity contribution in [2.75, 3.05) is 7.11 Å². The van der Waals surface area contributed by atoms with E-state index in [2.05, 4.69) is 0 Å². The summed E-state index contributed by atoms with van der Waals surface area (Å²) in [6.07, 6.45) is 18.8. The van der Waals surface area contributed by atoms with Crippen molar-refractivity contribution in [3.8, 4) is 0 Å². The number of ether oxygens (including phenoxy) is 1. The Bertz CT molecular complexity index is 327. The molecule has 1 N–H and O–H groups in total. The van der Waals surface area contributed by atoms with Crippen LogP contribution >= 0.6 is 0 Å². The molecule has 2 heteroatoms. The molecule has 6 aliphatic rings. The molecule has 0 spiro atoms. The van der Waals surface area contributed by atoms with Gasteiger partial charge in [-0.15, -0.1) is 0 Å². The summed E-state index contributed by atoms with van der Waals surface area (Å²) >= 11 is 0. The lowest BCUT2D eigenvalue weighted by molar-refractivity contribution is -0.0414. The van der Waals surface area contributed by atoms with E-state index in [-0.39, 0.29) is 12.2 Å². The molecule has 0 heterocycles. The summed E-state index contributed by atoms with van der Waals surface area (Å²) < 4.78 is 5.71. The van der Waals surface area contributed by atoms with Crippen LogP contribution in [0.3, 0.4) is 0 Å². The van der Waals surface area contributed by atoms with Crippen molar-refractivity contribution in [3.63, 3.8) is 0 Å². The molecule has 6 rings (SSSR count). The fourth-order valence-electron chi connectivity index (χ4n) is 5.61. The molecule has 0 aromatic rings. The highest BCUT2D eigenvalue weighted by atomic mass is 16.5. The first-order valence-corrected chi connectivity index (χ1v) is 10.5. The lowest BCUT2D eigenvalue weighted by atomic mass is 9.74. The van der Waals surface area contributed by atoms with Gasteiger partial charge in [-0.1, -0.05) is 77.0 Å². The Morgan fingerprint density at radius 2 is 1.04 bits per heavy atom. The van der Waals surface area contributed by atoms with Crippen LogP contribution in [0.5, 0.6) is 0 Å². The molecule has 23 heavy (non-hydrogen) atoms. The van der Waals surface area contributed by atoms with Crippen LogP contribution in [0, 0.1) is 23.7 Å². The largest absolute Gasteiger partial charge is 0.390 e. The lowest BCUT2D eigenvalue weighted by Gasteiger charge is -2.35. The molecule has 6 saturated carbocycles. The summed E-state index contributed by atoms with van der Waals surface area (Å²) in [5, 5.41) is 10.7. The van der Waals surface area contributed by atoms with E-state index in [1.54, 1.807) is 7.11 Å². The number of aliphatic hydroxyl groups is 1. The molecule has 4 bridgehead atoms. The van der Waals surface area contributed by atoms with E-state index >= 15 is 0 Å². The lowest BCUT2D eigenvalue weighted by Crippen LogP contribution is -2.34. The summed E-state index contributed by atoms with van der Waals surface area (Å²) in [7, 11) is 1.80. The molecule has 0 aliphatic heterocycles. The van der Waals surface area contributed by atoms with Crippen LogP contribution in [0.15, 0.2) is 0 Å². The van der Waals surface area contributed by atoms with Crippen LogP contribution in [-0.4, -0.2) is 24.4 Å². The van der Waals surface area contributed by atoms with Gasteiger partial charge >= 0.3 is 0 Å². The predicted octanol–water partition coefficient (Wildman–Crippen LogP) is 5.33. The molecule has 134 valence electrons. The third-order valence-electron chi connectivity index (χ3n) is 7.28. The Kier molecular flexibility index (Phi) is 6.83. The van der Waals surface area contributed by atoms with Crippen molar-refractivity contribution in [1.29, 1.82) is 0 Å². The predicted molar refractivity (Wildman–Crippen MR) is 95.4 cm³/mol. The van der Waals surface area contributed by atoms with Crippen LogP contribution < -0.4 is 0 Å². The zero-order chi connectivity index (χ0) is 16.1. The number of methoxy groups -OCH3 is 1. The van der Waals surface area contributed by atoms with Crippen LogP contribution in [0.1, 0.15) is 89.9 Å². The smallest absolute Gasteiger partial charge is 0.0832 e. The highest BCUT2D eigenvalue weighted by Crippen LogP contribution is 2.38. The summed E-state index contributed by atoms with van der Waals surface area (Å²) in [6, 6.07) is 0. The molecule has 6 aliphatic carbocycles. The molecule has 2 atom stereocenters. The van der Waals surface area contributed by atoms with Crippen LogP contribution in [0.2, 0.25) is 0 Å². The van der Waals surface area contributed by atoms with Gasteiger partial charge in [0.25, 0.3) is 0 Å². The summed E-state index contributed by atoms with van der Waals surface area (Å²) in [5.41, 5.74) is 0. The van der Waals surface area contributed by atoms with Crippen LogP contribution in [0.4, 0.5) is 0 Å². The zero-order valence-electron chi connectivity index (χ0n) is 15.2. The van der Waals surface area contributed by atoms with Gasteiger partial charge in [-0.3, -0.25) is 0 Å². The second kappa shape index (κ2) is 8.85. The third kappa shape index (κ3) is 5.19.